The zero-order chi connectivity index (χ0) is 25.0. The molecule has 0 heterocycles. The second-order valence-corrected chi connectivity index (χ2v) is 10.1. The molecule has 0 radical (unpaired) electrons. The summed E-state index contributed by atoms with van der Waals surface area (Å²) >= 11 is 6.15. The van der Waals surface area contributed by atoms with Crippen molar-refractivity contribution in [2.45, 2.75) is 18.7 Å². The molecule has 35 heavy (non-hydrogen) atoms. The van der Waals surface area contributed by atoms with Crippen molar-refractivity contribution >= 4 is 38.9 Å². The quantitative estimate of drug-likeness (QED) is 0.288. The van der Waals surface area contributed by atoms with Gasteiger partial charge >= 0.3 is 0 Å². The van der Waals surface area contributed by atoms with Gasteiger partial charge in [0.2, 0.25) is 0 Å². The van der Waals surface area contributed by atoms with E-state index in [9.17, 15) is 13.2 Å². The fraction of sp³-hybridized carbons (Fsp3) is 0.0741. The second kappa shape index (κ2) is 10.2. The molecule has 0 aliphatic carbocycles. The summed E-state index contributed by atoms with van der Waals surface area (Å²) < 4.78 is 34.7. The topological polar surface area (TPSA) is 84.5 Å². The van der Waals surface area contributed by atoms with Crippen LogP contribution in [0.2, 0.25) is 5.02 Å². The van der Waals surface area contributed by atoms with Gasteiger partial charge in [-0.05, 0) is 79.6 Å². The number of benzene rings is 4. The van der Waals surface area contributed by atoms with Crippen molar-refractivity contribution in [1.29, 1.82) is 0 Å². The number of carbonyl (C=O) groups excluding carboxylic acids is 1. The monoisotopic (exact) mass is 506 g/mol. The van der Waals surface area contributed by atoms with Crippen LogP contribution in [0.15, 0.2) is 95.9 Å². The number of rotatable bonds is 7. The maximum atomic E-state index is 13.1. The van der Waals surface area contributed by atoms with Crippen molar-refractivity contribution < 1.29 is 17.9 Å². The fourth-order valence-electron chi connectivity index (χ4n) is 3.45. The van der Waals surface area contributed by atoms with Gasteiger partial charge in [0.15, 0.2) is 5.75 Å². The Labute approximate surface area is 209 Å². The summed E-state index contributed by atoms with van der Waals surface area (Å²) in [7, 11) is -3.92. The Balaban J connectivity index is 1.61. The third-order valence-electron chi connectivity index (χ3n) is 5.17. The first-order valence-corrected chi connectivity index (χ1v) is 12.6. The molecular formula is C27H23ClN2O4S. The Kier molecular flexibility index (Phi) is 7.10. The highest BCUT2D eigenvalue weighted by molar-refractivity contribution is 7.92. The predicted octanol–water partition coefficient (Wildman–Crippen LogP) is 6.80. The number of sulfonamides is 1. The molecule has 0 aromatic heterocycles. The van der Waals surface area contributed by atoms with Crippen molar-refractivity contribution in [3.63, 3.8) is 0 Å². The molecule has 0 spiro atoms. The average molecular weight is 507 g/mol. The first-order chi connectivity index (χ1) is 16.7. The lowest BCUT2D eigenvalue weighted by Gasteiger charge is -2.14. The highest BCUT2D eigenvalue weighted by atomic mass is 35.5. The Hall–Kier alpha value is -3.81. The zero-order valence-electron chi connectivity index (χ0n) is 19.1. The lowest BCUT2D eigenvalue weighted by molar-refractivity contribution is 0.102. The molecular weight excluding hydrogens is 484 g/mol. The van der Waals surface area contributed by atoms with E-state index in [1.807, 2.05) is 31.2 Å². The van der Waals surface area contributed by atoms with E-state index in [2.05, 4.69) is 10.0 Å². The number of aryl methyl sites for hydroxylation is 2. The minimum atomic E-state index is -3.92. The molecule has 2 N–H and O–H groups in total. The number of hydrogen-bond donors (Lipinski definition) is 2. The van der Waals surface area contributed by atoms with E-state index in [0.29, 0.717) is 33.5 Å². The SMILES string of the molecule is Cc1cccc(NS(=O)(=O)c2cc(C(=O)Nc3cc(Cl)ccc3Oc3ccccc3)ccc2C)c1. The number of para-hydroxylation sites is 1. The van der Waals surface area contributed by atoms with Gasteiger partial charge < -0.3 is 10.1 Å². The second-order valence-electron chi connectivity index (χ2n) is 7.96. The summed E-state index contributed by atoms with van der Waals surface area (Å²) in [5.41, 5.74) is 2.41. The van der Waals surface area contributed by atoms with Crippen molar-refractivity contribution in [1.82, 2.24) is 0 Å². The number of carbonyl (C=O) groups is 1. The molecule has 0 saturated carbocycles. The molecule has 0 atom stereocenters. The fourth-order valence-corrected chi connectivity index (χ4v) is 4.94. The van der Waals surface area contributed by atoms with Crippen molar-refractivity contribution in [2.24, 2.45) is 0 Å². The molecule has 0 saturated heterocycles. The van der Waals surface area contributed by atoms with E-state index in [1.54, 1.807) is 67.6 Å². The molecule has 1 amide bonds. The molecule has 4 aromatic carbocycles. The first kappa shape index (κ1) is 24.3. The van der Waals surface area contributed by atoms with E-state index in [0.717, 1.165) is 5.56 Å². The average Bonchev–Trinajstić information content (AvgIpc) is 2.81. The maximum absolute atomic E-state index is 13.1. The van der Waals surface area contributed by atoms with E-state index in [-0.39, 0.29) is 10.5 Å². The molecule has 4 rings (SSSR count). The molecule has 8 heteroatoms. The van der Waals surface area contributed by atoms with Gasteiger partial charge in [-0.1, -0.05) is 48.0 Å². The van der Waals surface area contributed by atoms with Crippen LogP contribution in [-0.4, -0.2) is 14.3 Å². The lowest BCUT2D eigenvalue weighted by Crippen LogP contribution is -2.17. The van der Waals surface area contributed by atoms with Crippen LogP contribution in [0.5, 0.6) is 11.5 Å². The van der Waals surface area contributed by atoms with Crippen LogP contribution < -0.4 is 14.8 Å². The third kappa shape index (κ3) is 6.01. The van der Waals surface area contributed by atoms with Crippen molar-refractivity contribution in [3.8, 4) is 11.5 Å². The highest BCUT2D eigenvalue weighted by Gasteiger charge is 2.20. The van der Waals surface area contributed by atoms with Crippen LogP contribution in [0, 0.1) is 13.8 Å². The molecule has 4 aromatic rings. The Bertz CT molecular complexity index is 1490. The summed E-state index contributed by atoms with van der Waals surface area (Å²) in [5.74, 6) is 0.489. The van der Waals surface area contributed by atoms with Gasteiger partial charge in [0, 0.05) is 16.3 Å². The molecule has 6 nitrogen and oxygen atoms in total. The van der Waals surface area contributed by atoms with E-state index >= 15 is 0 Å². The summed E-state index contributed by atoms with van der Waals surface area (Å²) in [4.78, 5) is 13.1. The van der Waals surface area contributed by atoms with Gasteiger partial charge in [0.1, 0.15) is 5.75 Å². The molecule has 0 bridgehead atoms. The van der Waals surface area contributed by atoms with Crippen molar-refractivity contribution in [2.75, 3.05) is 10.0 Å². The Morgan fingerprint density at radius 2 is 1.63 bits per heavy atom. The Morgan fingerprint density at radius 3 is 2.37 bits per heavy atom. The number of ether oxygens (including phenoxy) is 1. The lowest BCUT2D eigenvalue weighted by atomic mass is 10.1. The summed E-state index contributed by atoms with van der Waals surface area (Å²) in [6, 6.07) is 25.6. The first-order valence-electron chi connectivity index (χ1n) is 10.8. The number of anilines is 2. The number of hydrogen-bond acceptors (Lipinski definition) is 4. The summed E-state index contributed by atoms with van der Waals surface area (Å²) in [6.45, 7) is 3.55. The van der Waals surface area contributed by atoms with Crippen LogP contribution in [0.3, 0.4) is 0 Å². The van der Waals surface area contributed by atoms with Gasteiger partial charge in [0.05, 0.1) is 10.6 Å². The minimum Gasteiger partial charge on any atom is -0.455 e. The number of amides is 1. The van der Waals surface area contributed by atoms with Gasteiger partial charge in [-0.2, -0.15) is 0 Å². The third-order valence-corrected chi connectivity index (χ3v) is 6.93. The van der Waals surface area contributed by atoms with E-state index in [1.165, 1.54) is 6.07 Å². The van der Waals surface area contributed by atoms with Crippen LogP contribution in [-0.2, 0) is 10.0 Å². The highest BCUT2D eigenvalue weighted by Crippen LogP contribution is 2.32. The molecule has 0 aliphatic rings. The largest absolute Gasteiger partial charge is 0.455 e. The normalized spacial score (nSPS) is 11.1. The predicted molar refractivity (Wildman–Crippen MR) is 139 cm³/mol. The molecule has 0 aliphatic heterocycles. The van der Waals surface area contributed by atoms with Crippen LogP contribution >= 0.6 is 11.6 Å². The van der Waals surface area contributed by atoms with Crippen molar-refractivity contribution in [3.05, 3.63) is 113 Å². The summed E-state index contributed by atoms with van der Waals surface area (Å²) in [5, 5.41) is 3.19. The van der Waals surface area contributed by atoms with Crippen LogP contribution in [0.1, 0.15) is 21.5 Å². The molecule has 178 valence electrons. The van der Waals surface area contributed by atoms with Crippen LogP contribution in [0.4, 0.5) is 11.4 Å². The van der Waals surface area contributed by atoms with E-state index < -0.39 is 15.9 Å². The van der Waals surface area contributed by atoms with Gasteiger partial charge in [-0.3, -0.25) is 9.52 Å². The number of nitrogens with one attached hydrogen (secondary N) is 2. The van der Waals surface area contributed by atoms with E-state index in [4.69, 9.17) is 16.3 Å². The van der Waals surface area contributed by atoms with Crippen LogP contribution in [0.25, 0.3) is 0 Å². The van der Waals surface area contributed by atoms with Gasteiger partial charge in [-0.25, -0.2) is 8.42 Å². The maximum Gasteiger partial charge on any atom is 0.262 e. The van der Waals surface area contributed by atoms with Gasteiger partial charge in [-0.15, -0.1) is 0 Å². The molecule has 0 unspecified atom stereocenters. The molecule has 0 fully saturated rings. The number of halogens is 1. The standard InChI is InChI=1S/C27H23ClN2O4S/c1-18-7-6-8-22(15-18)30-35(32,33)26-16-20(12-11-19(26)2)27(31)29-24-17-21(28)13-14-25(24)34-23-9-4-3-5-10-23/h3-17,30H,1-2H3,(H,29,31). The zero-order valence-corrected chi connectivity index (χ0v) is 20.7. The smallest absolute Gasteiger partial charge is 0.262 e. The minimum absolute atomic E-state index is 0.0125. The summed E-state index contributed by atoms with van der Waals surface area (Å²) in [6.07, 6.45) is 0. The van der Waals surface area contributed by atoms with Gasteiger partial charge in [0.25, 0.3) is 15.9 Å². The Morgan fingerprint density at radius 1 is 0.857 bits per heavy atom.